The first kappa shape index (κ1) is 13.9. The van der Waals surface area contributed by atoms with Crippen LogP contribution in [0.15, 0.2) is 24.3 Å². The van der Waals surface area contributed by atoms with Crippen molar-refractivity contribution in [1.29, 1.82) is 0 Å². The van der Waals surface area contributed by atoms with E-state index >= 15 is 0 Å². The monoisotopic (exact) mass is 262 g/mol. The Bertz CT molecular complexity index is 426. The highest BCUT2D eigenvalue weighted by molar-refractivity contribution is 5.74. The van der Waals surface area contributed by atoms with Crippen molar-refractivity contribution in [2.45, 2.75) is 38.3 Å². The lowest BCUT2D eigenvalue weighted by Crippen LogP contribution is -2.46. The zero-order valence-electron chi connectivity index (χ0n) is 11.6. The van der Waals surface area contributed by atoms with E-state index in [0.717, 1.165) is 24.9 Å². The number of nitrogens with one attached hydrogen (secondary N) is 1. The first-order valence-electron chi connectivity index (χ1n) is 6.89. The Morgan fingerprint density at radius 1 is 1.42 bits per heavy atom. The topological polar surface area (TPSA) is 52.6 Å². The molecule has 0 aliphatic heterocycles. The summed E-state index contributed by atoms with van der Waals surface area (Å²) in [6, 6.07) is 8.19. The van der Waals surface area contributed by atoms with Crippen molar-refractivity contribution in [3.05, 3.63) is 29.8 Å². The summed E-state index contributed by atoms with van der Waals surface area (Å²) in [5.74, 6) is -0.774. The maximum absolute atomic E-state index is 11.2. The molecule has 1 aromatic carbocycles. The fourth-order valence-electron chi connectivity index (χ4n) is 2.10. The molecule has 1 aliphatic carbocycles. The first-order chi connectivity index (χ1) is 9.10. The molecule has 0 aromatic heterocycles. The molecule has 0 bridgehead atoms. The Hall–Kier alpha value is -1.55. The highest BCUT2D eigenvalue weighted by Crippen LogP contribution is 2.20. The molecule has 0 heterocycles. The number of carbonyl (C=O) groups is 1. The number of aryl methyl sites for hydroxylation is 1. The van der Waals surface area contributed by atoms with Crippen LogP contribution in [-0.4, -0.2) is 36.8 Å². The van der Waals surface area contributed by atoms with E-state index < -0.39 is 12.0 Å². The van der Waals surface area contributed by atoms with Gasteiger partial charge in [0.2, 0.25) is 0 Å². The molecular formula is C15H22N2O2. The largest absolute Gasteiger partial charge is 0.480 e. The maximum Gasteiger partial charge on any atom is 0.322 e. The SMILES string of the molecule is CCc1ccc(N(C)CC(NC2CC2)C(=O)O)cc1. The van der Waals surface area contributed by atoms with Gasteiger partial charge in [0.05, 0.1) is 0 Å². The summed E-state index contributed by atoms with van der Waals surface area (Å²) in [4.78, 5) is 13.2. The molecule has 1 fully saturated rings. The minimum atomic E-state index is -0.774. The van der Waals surface area contributed by atoms with Gasteiger partial charge in [-0.3, -0.25) is 4.79 Å². The smallest absolute Gasteiger partial charge is 0.322 e. The molecule has 1 aliphatic rings. The van der Waals surface area contributed by atoms with E-state index in [1.807, 2.05) is 11.9 Å². The van der Waals surface area contributed by atoms with Gasteiger partial charge in [-0.05, 0) is 37.0 Å². The molecule has 104 valence electrons. The van der Waals surface area contributed by atoms with E-state index in [4.69, 9.17) is 0 Å². The molecule has 1 atom stereocenters. The predicted octanol–water partition coefficient (Wildman–Crippen LogP) is 1.89. The van der Waals surface area contributed by atoms with E-state index in [-0.39, 0.29) is 0 Å². The summed E-state index contributed by atoms with van der Waals surface area (Å²) in [5.41, 5.74) is 2.35. The van der Waals surface area contributed by atoms with Gasteiger partial charge in [-0.2, -0.15) is 0 Å². The summed E-state index contributed by atoms with van der Waals surface area (Å²) in [6.45, 7) is 2.61. The zero-order valence-corrected chi connectivity index (χ0v) is 11.6. The summed E-state index contributed by atoms with van der Waals surface area (Å²) >= 11 is 0. The molecule has 2 N–H and O–H groups in total. The second-order valence-corrected chi connectivity index (χ2v) is 5.23. The van der Waals surface area contributed by atoms with Crippen LogP contribution in [0.1, 0.15) is 25.3 Å². The molecule has 4 heteroatoms. The van der Waals surface area contributed by atoms with Crippen LogP contribution in [0.4, 0.5) is 5.69 Å². The second kappa shape index (κ2) is 6.06. The van der Waals surface area contributed by atoms with Crippen LogP contribution < -0.4 is 10.2 Å². The molecule has 19 heavy (non-hydrogen) atoms. The first-order valence-corrected chi connectivity index (χ1v) is 6.89. The van der Waals surface area contributed by atoms with Crippen LogP contribution in [-0.2, 0) is 11.2 Å². The Morgan fingerprint density at radius 3 is 2.53 bits per heavy atom. The van der Waals surface area contributed by atoms with E-state index in [1.54, 1.807) is 0 Å². The minimum Gasteiger partial charge on any atom is -0.480 e. The molecule has 0 spiro atoms. The van der Waals surface area contributed by atoms with Crippen molar-refractivity contribution < 1.29 is 9.90 Å². The van der Waals surface area contributed by atoms with Crippen molar-refractivity contribution in [3.63, 3.8) is 0 Å². The molecule has 1 unspecified atom stereocenters. The number of benzene rings is 1. The fourth-order valence-corrected chi connectivity index (χ4v) is 2.10. The Morgan fingerprint density at radius 2 is 2.05 bits per heavy atom. The van der Waals surface area contributed by atoms with Crippen LogP contribution in [0.2, 0.25) is 0 Å². The van der Waals surface area contributed by atoms with E-state index in [2.05, 4.69) is 36.5 Å². The number of hydrogen-bond donors (Lipinski definition) is 2. The van der Waals surface area contributed by atoms with Crippen LogP contribution in [0.25, 0.3) is 0 Å². The van der Waals surface area contributed by atoms with E-state index in [9.17, 15) is 9.90 Å². The fraction of sp³-hybridized carbons (Fsp3) is 0.533. The maximum atomic E-state index is 11.2. The number of likely N-dealkylation sites (N-methyl/N-ethyl adjacent to an activating group) is 1. The third kappa shape index (κ3) is 3.96. The summed E-state index contributed by atoms with van der Waals surface area (Å²) in [5, 5.41) is 12.4. The average molecular weight is 262 g/mol. The number of hydrogen-bond acceptors (Lipinski definition) is 3. The average Bonchev–Trinajstić information content (AvgIpc) is 3.22. The van der Waals surface area contributed by atoms with Crippen molar-refractivity contribution in [3.8, 4) is 0 Å². The van der Waals surface area contributed by atoms with Gasteiger partial charge in [0.1, 0.15) is 6.04 Å². The highest BCUT2D eigenvalue weighted by atomic mass is 16.4. The Labute approximate surface area is 114 Å². The number of aliphatic carboxylic acids is 1. The summed E-state index contributed by atoms with van der Waals surface area (Å²) in [7, 11) is 1.94. The van der Waals surface area contributed by atoms with Gasteiger partial charge < -0.3 is 15.3 Å². The summed E-state index contributed by atoms with van der Waals surface area (Å²) < 4.78 is 0. The Kier molecular flexibility index (Phi) is 4.43. The van der Waals surface area contributed by atoms with Crippen molar-refractivity contribution in [2.75, 3.05) is 18.5 Å². The van der Waals surface area contributed by atoms with Gasteiger partial charge in [0.15, 0.2) is 0 Å². The number of carboxylic acids is 1. The molecule has 2 rings (SSSR count). The molecule has 1 aromatic rings. The van der Waals surface area contributed by atoms with Gasteiger partial charge in [-0.15, -0.1) is 0 Å². The molecule has 4 nitrogen and oxygen atoms in total. The van der Waals surface area contributed by atoms with Crippen molar-refractivity contribution in [2.24, 2.45) is 0 Å². The molecule has 0 amide bonds. The van der Waals surface area contributed by atoms with Gasteiger partial charge in [-0.25, -0.2) is 0 Å². The zero-order chi connectivity index (χ0) is 13.8. The number of anilines is 1. The van der Waals surface area contributed by atoms with Crippen molar-refractivity contribution in [1.82, 2.24) is 5.32 Å². The minimum absolute atomic E-state index is 0.400. The van der Waals surface area contributed by atoms with Gasteiger partial charge in [0.25, 0.3) is 0 Å². The number of carboxylic acid groups (broad SMARTS) is 1. The van der Waals surface area contributed by atoms with E-state index in [0.29, 0.717) is 12.6 Å². The lowest BCUT2D eigenvalue weighted by Gasteiger charge is -2.24. The van der Waals surface area contributed by atoms with Crippen molar-refractivity contribution >= 4 is 11.7 Å². The van der Waals surface area contributed by atoms with Gasteiger partial charge in [-0.1, -0.05) is 19.1 Å². The van der Waals surface area contributed by atoms with Crippen LogP contribution in [0.3, 0.4) is 0 Å². The van der Waals surface area contributed by atoms with E-state index in [1.165, 1.54) is 5.56 Å². The normalized spacial score (nSPS) is 16.1. The van der Waals surface area contributed by atoms with Crippen LogP contribution >= 0.6 is 0 Å². The number of nitrogens with zero attached hydrogens (tertiary/aromatic N) is 1. The third-order valence-corrected chi connectivity index (χ3v) is 3.55. The van der Waals surface area contributed by atoms with Gasteiger partial charge in [0, 0.05) is 25.3 Å². The van der Waals surface area contributed by atoms with Crippen LogP contribution in [0, 0.1) is 0 Å². The van der Waals surface area contributed by atoms with Crippen LogP contribution in [0.5, 0.6) is 0 Å². The molecule has 1 saturated carbocycles. The van der Waals surface area contributed by atoms with Gasteiger partial charge >= 0.3 is 5.97 Å². The molecular weight excluding hydrogens is 240 g/mol. The highest BCUT2D eigenvalue weighted by Gasteiger charge is 2.28. The quantitative estimate of drug-likeness (QED) is 0.788. The third-order valence-electron chi connectivity index (χ3n) is 3.55. The lowest BCUT2D eigenvalue weighted by atomic mass is 10.1. The summed E-state index contributed by atoms with van der Waals surface area (Å²) in [6.07, 6.45) is 3.21. The second-order valence-electron chi connectivity index (χ2n) is 5.23. The predicted molar refractivity (Wildman–Crippen MR) is 76.7 cm³/mol. The Balaban J connectivity index is 1.96. The standard InChI is InChI=1S/C15H22N2O2/c1-3-11-4-8-13(9-5-11)17(2)10-14(15(18)19)16-12-6-7-12/h4-5,8-9,12,14,16H,3,6-7,10H2,1-2H3,(H,18,19). The molecule has 0 saturated heterocycles. The number of rotatable bonds is 7. The molecule has 0 radical (unpaired) electrons. The lowest BCUT2D eigenvalue weighted by molar-refractivity contribution is -0.139.